The second-order valence-electron chi connectivity index (χ2n) is 5.03. The van der Waals surface area contributed by atoms with Crippen molar-refractivity contribution in [2.45, 2.75) is 26.3 Å². The zero-order valence-corrected chi connectivity index (χ0v) is 12.8. The fraction of sp³-hybridized carbons (Fsp3) is 0.375. The van der Waals surface area contributed by atoms with Gasteiger partial charge in [-0.15, -0.1) is 0 Å². The Balaban J connectivity index is 2.48. The molecule has 0 fully saturated rings. The van der Waals surface area contributed by atoms with Crippen LogP contribution >= 0.6 is 0 Å². The number of allylic oxidation sites excluding steroid dienone is 1. The first-order valence-corrected chi connectivity index (χ1v) is 6.91. The van der Waals surface area contributed by atoms with Gasteiger partial charge in [0.1, 0.15) is 0 Å². The van der Waals surface area contributed by atoms with Crippen LogP contribution in [0.15, 0.2) is 35.5 Å². The molecule has 1 aromatic rings. The summed E-state index contributed by atoms with van der Waals surface area (Å²) in [6.07, 6.45) is 0.943. The molecule has 1 aliphatic rings. The molecule has 5 nitrogen and oxygen atoms in total. The highest BCUT2D eigenvalue weighted by atomic mass is 16.5. The SMILES string of the molecule is CCc1ccc([C@@H]2NC(=O)N(C)C(C)=C2C(=O)OC)cc1. The van der Waals surface area contributed by atoms with Crippen LogP contribution in [0.5, 0.6) is 0 Å². The second-order valence-corrected chi connectivity index (χ2v) is 5.03. The second kappa shape index (κ2) is 5.99. The minimum Gasteiger partial charge on any atom is -0.466 e. The summed E-state index contributed by atoms with van der Waals surface area (Å²) in [5, 5.41) is 2.84. The summed E-state index contributed by atoms with van der Waals surface area (Å²) >= 11 is 0. The van der Waals surface area contributed by atoms with E-state index < -0.39 is 12.0 Å². The highest BCUT2D eigenvalue weighted by Crippen LogP contribution is 2.30. The maximum Gasteiger partial charge on any atom is 0.337 e. The summed E-state index contributed by atoms with van der Waals surface area (Å²) in [4.78, 5) is 25.5. The molecule has 0 aliphatic carbocycles. The maximum atomic E-state index is 12.1. The van der Waals surface area contributed by atoms with Gasteiger partial charge in [-0.05, 0) is 24.5 Å². The number of nitrogens with zero attached hydrogens (tertiary/aromatic N) is 1. The molecule has 21 heavy (non-hydrogen) atoms. The number of rotatable bonds is 3. The zero-order valence-electron chi connectivity index (χ0n) is 12.8. The summed E-state index contributed by atoms with van der Waals surface area (Å²) in [5.41, 5.74) is 3.14. The van der Waals surface area contributed by atoms with Crippen molar-refractivity contribution in [2.24, 2.45) is 0 Å². The van der Waals surface area contributed by atoms with Gasteiger partial charge in [-0.3, -0.25) is 0 Å². The Hall–Kier alpha value is -2.30. The molecule has 0 spiro atoms. The lowest BCUT2D eigenvalue weighted by atomic mass is 9.94. The molecule has 5 heteroatoms. The molecule has 0 saturated heterocycles. The molecule has 2 amide bonds. The number of ether oxygens (including phenoxy) is 1. The Morgan fingerprint density at radius 1 is 1.33 bits per heavy atom. The Bertz CT molecular complexity index is 590. The van der Waals surface area contributed by atoms with E-state index in [2.05, 4.69) is 12.2 Å². The number of nitrogens with one attached hydrogen (secondary N) is 1. The molecule has 0 radical (unpaired) electrons. The molecule has 1 N–H and O–H groups in total. The van der Waals surface area contributed by atoms with Crippen molar-refractivity contribution in [3.8, 4) is 0 Å². The van der Waals surface area contributed by atoms with E-state index >= 15 is 0 Å². The third-order valence-corrected chi connectivity index (χ3v) is 3.88. The average molecular weight is 288 g/mol. The smallest absolute Gasteiger partial charge is 0.337 e. The lowest BCUT2D eigenvalue weighted by Gasteiger charge is -2.33. The van der Waals surface area contributed by atoms with Gasteiger partial charge in [0, 0.05) is 12.7 Å². The lowest BCUT2D eigenvalue weighted by Crippen LogP contribution is -2.46. The van der Waals surface area contributed by atoms with E-state index in [1.54, 1.807) is 14.0 Å². The fourth-order valence-electron chi connectivity index (χ4n) is 2.41. The normalized spacial score (nSPS) is 18.6. The molecule has 2 rings (SSSR count). The van der Waals surface area contributed by atoms with Crippen molar-refractivity contribution in [2.75, 3.05) is 14.2 Å². The van der Waals surface area contributed by atoms with Gasteiger partial charge in [0.05, 0.1) is 18.7 Å². The van der Waals surface area contributed by atoms with E-state index in [0.717, 1.165) is 12.0 Å². The van der Waals surface area contributed by atoms with Gasteiger partial charge in [0.15, 0.2) is 0 Å². The number of carbonyl (C=O) groups is 2. The van der Waals surface area contributed by atoms with E-state index in [1.165, 1.54) is 17.6 Å². The Morgan fingerprint density at radius 2 is 1.95 bits per heavy atom. The Morgan fingerprint density at radius 3 is 2.48 bits per heavy atom. The maximum absolute atomic E-state index is 12.1. The van der Waals surface area contributed by atoms with Gasteiger partial charge in [-0.25, -0.2) is 9.59 Å². The molecule has 1 aromatic carbocycles. The number of hydrogen-bond donors (Lipinski definition) is 1. The molecule has 112 valence electrons. The van der Waals surface area contributed by atoms with Crippen LogP contribution in [0.4, 0.5) is 4.79 Å². The van der Waals surface area contributed by atoms with E-state index in [4.69, 9.17) is 4.74 Å². The van der Waals surface area contributed by atoms with Crippen LogP contribution in [0.2, 0.25) is 0 Å². The van der Waals surface area contributed by atoms with Crippen LogP contribution < -0.4 is 5.32 Å². The van der Waals surface area contributed by atoms with Crippen LogP contribution in [0.25, 0.3) is 0 Å². The van der Waals surface area contributed by atoms with Crippen LogP contribution in [-0.2, 0) is 16.0 Å². The van der Waals surface area contributed by atoms with E-state index in [1.807, 2.05) is 24.3 Å². The van der Waals surface area contributed by atoms with E-state index in [0.29, 0.717) is 11.3 Å². The molecule has 0 saturated carbocycles. The average Bonchev–Trinajstić information content (AvgIpc) is 2.51. The first-order chi connectivity index (χ1) is 9.99. The molecular weight excluding hydrogens is 268 g/mol. The van der Waals surface area contributed by atoms with Crippen molar-refractivity contribution in [3.63, 3.8) is 0 Å². The fourth-order valence-corrected chi connectivity index (χ4v) is 2.41. The zero-order chi connectivity index (χ0) is 15.6. The van der Waals surface area contributed by atoms with Crippen LogP contribution in [0.3, 0.4) is 0 Å². The van der Waals surface area contributed by atoms with Crippen LogP contribution in [-0.4, -0.2) is 31.1 Å². The minimum atomic E-state index is -0.480. The van der Waals surface area contributed by atoms with E-state index in [-0.39, 0.29) is 6.03 Å². The molecular formula is C16H20N2O3. The number of hydrogen-bond acceptors (Lipinski definition) is 3. The molecule has 0 aromatic heterocycles. The van der Waals surface area contributed by atoms with Gasteiger partial charge < -0.3 is 15.0 Å². The van der Waals surface area contributed by atoms with Crippen LogP contribution in [0, 0.1) is 0 Å². The molecule has 1 heterocycles. The summed E-state index contributed by atoms with van der Waals surface area (Å²) < 4.78 is 4.87. The Kier molecular flexibility index (Phi) is 4.31. The summed E-state index contributed by atoms with van der Waals surface area (Å²) in [6.45, 7) is 3.83. The van der Waals surface area contributed by atoms with Gasteiger partial charge in [0.2, 0.25) is 0 Å². The van der Waals surface area contributed by atoms with Crippen molar-refractivity contribution >= 4 is 12.0 Å². The number of aryl methyl sites for hydroxylation is 1. The standard InChI is InChI=1S/C16H20N2O3/c1-5-11-6-8-12(9-7-11)14-13(15(19)21-4)10(2)18(3)16(20)17-14/h6-9,14H,5H2,1-4H3,(H,17,20)/t14-/m0/s1. The summed E-state index contributed by atoms with van der Waals surface area (Å²) in [7, 11) is 2.97. The molecule has 0 unspecified atom stereocenters. The molecule has 1 atom stereocenters. The monoisotopic (exact) mass is 288 g/mol. The van der Waals surface area contributed by atoms with Crippen molar-refractivity contribution in [1.82, 2.24) is 10.2 Å². The van der Waals surface area contributed by atoms with Crippen molar-refractivity contribution in [1.29, 1.82) is 0 Å². The predicted molar refractivity (Wildman–Crippen MR) is 79.6 cm³/mol. The predicted octanol–water partition coefficient (Wildman–Crippen LogP) is 2.39. The number of urea groups is 1. The number of amides is 2. The lowest BCUT2D eigenvalue weighted by molar-refractivity contribution is -0.136. The largest absolute Gasteiger partial charge is 0.466 e. The Labute approximate surface area is 124 Å². The van der Waals surface area contributed by atoms with Crippen molar-refractivity contribution < 1.29 is 14.3 Å². The first-order valence-electron chi connectivity index (χ1n) is 6.91. The van der Waals surface area contributed by atoms with E-state index in [9.17, 15) is 9.59 Å². The molecule has 0 bridgehead atoms. The quantitative estimate of drug-likeness (QED) is 0.869. The third-order valence-electron chi connectivity index (χ3n) is 3.88. The van der Waals surface area contributed by atoms with Crippen LogP contribution in [0.1, 0.15) is 31.0 Å². The third kappa shape index (κ3) is 2.77. The van der Waals surface area contributed by atoms with Gasteiger partial charge >= 0.3 is 12.0 Å². The topological polar surface area (TPSA) is 58.6 Å². The highest BCUT2D eigenvalue weighted by molar-refractivity contribution is 5.94. The first kappa shape index (κ1) is 15.1. The number of esters is 1. The number of benzene rings is 1. The molecule has 1 aliphatic heterocycles. The van der Waals surface area contributed by atoms with Gasteiger partial charge in [0.25, 0.3) is 0 Å². The number of carbonyl (C=O) groups excluding carboxylic acids is 2. The van der Waals surface area contributed by atoms with Gasteiger partial charge in [-0.1, -0.05) is 31.2 Å². The highest BCUT2D eigenvalue weighted by Gasteiger charge is 2.34. The summed E-state index contributed by atoms with van der Waals surface area (Å²) in [6, 6.07) is 7.17. The van der Waals surface area contributed by atoms with Crippen molar-refractivity contribution in [3.05, 3.63) is 46.7 Å². The van der Waals surface area contributed by atoms with Gasteiger partial charge in [-0.2, -0.15) is 0 Å². The number of methoxy groups -OCH3 is 1. The summed E-state index contributed by atoms with van der Waals surface area (Å²) in [5.74, 6) is -0.427. The minimum absolute atomic E-state index is 0.232.